The van der Waals surface area contributed by atoms with Crippen molar-refractivity contribution in [2.24, 2.45) is 15.2 Å². The largest absolute Gasteiger partial charge is 0.497 e. The molecule has 4 heterocycles. The Labute approximate surface area is 203 Å². The van der Waals surface area contributed by atoms with Crippen molar-refractivity contribution in [1.29, 1.82) is 0 Å². The summed E-state index contributed by atoms with van der Waals surface area (Å²) in [7, 11) is 1.63. The Morgan fingerprint density at radius 3 is 2.85 bits per heavy atom. The zero-order valence-electron chi connectivity index (χ0n) is 17.8. The van der Waals surface area contributed by atoms with Gasteiger partial charge < -0.3 is 4.74 Å². The van der Waals surface area contributed by atoms with Gasteiger partial charge in [-0.3, -0.25) is 9.59 Å². The zero-order valence-corrected chi connectivity index (χ0v) is 20.3. The molecule has 2 aromatic rings. The van der Waals surface area contributed by atoms with E-state index in [0.29, 0.717) is 24.6 Å². The smallest absolute Gasteiger partial charge is 0.253 e. The Kier molecular flexibility index (Phi) is 6.52. The quantitative estimate of drug-likeness (QED) is 0.614. The van der Waals surface area contributed by atoms with Crippen molar-refractivity contribution in [1.82, 2.24) is 10.0 Å². The summed E-state index contributed by atoms with van der Waals surface area (Å²) in [5, 5.41) is 15.2. The fourth-order valence-electron chi connectivity index (χ4n) is 3.73. The van der Waals surface area contributed by atoms with E-state index >= 15 is 0 Å². The molecule has 2 amide bonds. The number of ether oxygens (including phenoxy) is 1. The minimum atomic E-state index is -0.170. The van der Waals surface area contributed by atoms with E-state index in [1.165, 1.54) is 23.5 Å². The van der Waals surface area contributed by atoms with E-state index in [0.717, 1.165) is 32.7 Å². The van der Waals surface area contributed by atoms with E-state index in [-0.39, 0.29) is 23.6 Å². The second-order valence-electron chi connectivity index (χ2n) is 7.53. The van der Waals surface area contributed by atoms with Gasteiger partial charge in [-0.15, -0.1) is 11.3 Å². The molecule has 0 radical (unpaired) electrons. The average Bonchev–Trinajstić information content (AvgIpc) is 3.56. The number of amidine groups is 1. The fourth-order valence-corrected chi connectivity index (χ4v) is 6.30. The molecule has 11 heteroatoms. The number of hydrazone groups is 2. The Hall–Kier alpha value is -2.63. The monoisotopic (exact) mass is 499 g/mol. The lowest BCUT2D eigenvalue weighted by Crippen LogP contribution is -2.28. The number of carbonyl (C=O) groups excluding carboxylic acids is 2. The first-order valence-corrected chi connectivity index (χ1v) is 13.1. The van der Waals surface area contributed by atoms with Gasteiger partial charge in [-0.1, -0.05) is 30.0 Å². The molecule has 0 saturated carbocycles. The minimum Gasteiger partial charge on any atom is -0.497 e. The maximum absolute atomic E-state index is 13.3. The summed E-state index contributed by atoms with van der Waals surface area (Å²) < 4.78 is 6.00. The molecule has 0 aliphatic carbocycles. The fraction of sp³-hybridized carbons (Fsp3) is 0.318. The lowest BCUT2D eigenvalue weighted by molar-refractivity contribution is -0.130. The van der Waals surface area contributed by atoms with Crippen molar-refractivity contribution in [3.8, 4) is 5.75 Å². The van der Waals surface area contributed by atoms with Gasteiger partial charge >= 0.3 is 0 Å². The van der Waals surface area contributed by atoms with Crippen LogP contribution in [-0.2, 0) is 9.59 Å². The molecule has 5 rings (SSSR count). The third kappa shape index (κ3) is 4.85. The van der Waals surface area contributed by atoms with Crippen molar-refractivity contribution < 1.29 is 14.3 Å². The number of hydrogen-bond donors (Lipinski definition) is 0. The standard InChI is InChI=1S/C22H21N5O3S3/c1-30-15-8-6-14(7-9-15)17-12-16(18-4-3-11-31-18)24-27(17)20(29)13-32-22-25-26-10-2-5-19(28)23-21(26)33-22/h3-4,6-9,11,17H,2,5,10,12-13H2,1H3/t17-/m1/s1. The molecule has 3 aliphatic heterocycles. The van der Waals surface area contributed by atoms with Crippen molar-refractivity contribution in [3.63, 3.8) is 0 Å². The predicted octanol–water partition coefficient (Wildman–Crippen LogP) is 4.16. The number of rotatable bonds is 5. The Balaban J connectivity index is 1.31. The molecule has 0 unspecified atom stereocenters. The van der Waals surface area contributed by atoms with E-state index < -0.39 is 0 Å². The maximum atomic E-state index is 13.3. The van der Waals surface area contributed by atoms with E-state index in [1.54, 1.807) is 28.5 Å². The Bertz CT molecular complexity index is 1140. The van der Waals surface area contributed by atoms with E-state index in [2.05, 4.69) is 10.1 Å². The second kappa shape index (κ2) is 9.70. The van der Waals surface area contributed by atoms with Gasteiger partial charge in [-0.05, 0) is 47.3 Å². The van der Waals surface area contributed by atoms with Crippen LogP contribution >= 0.6 is 34.9 Å². The van der Waals surface area contributed by atoms with Crippen LogP contribution in [0.1, 0.15) is 35.7 Å². The van der Waals surface area contributed by atoms with Crippen molar-refractivity contribution in [2.45, 2.75) is 25.3 Å². The summed E-state index contributed by atoms with van der Waals surface area (Å²) >= 11 is 4.32. The van der Waals surface area contributed by atoms with E-state index in [4.69, 9.17) is 9.84 Å². The number of carbonyl (C=O) groups is 2. The second-order valence-corrected chi connectivity index (χ2v) is 10.7. The van der Waals surface area contributed by atoms with Gasteiger partial charge in [-0.2, -0.15) is 15.2 Å². The molecule has 8 nitrogen and oxygen atoms in total. The first kappa shape index (κ1) is 22.2. The predicted molar refractivity (Wildman–Crippen MR) is 134 cm³/mol. The molecular formula is C22H21N5O3S3. The number of thiophene rings is 1. The molecule has 0 saturated heterocycles. The SMILES string of the molecule is COc1ccc([C@H]2CC(c3cccs3)=NN2C(=O)CSC2=NN3CCCC(=O)N=C3S2)cc1. The van der Waals surface area contributed by atoms with Crippen molar-refractivity contribution in [3.05, 3.63) is 52.2 Å². The summed E-state index contributed by atoms with van der Waals surface area (Å²) in [6.07, 6.45) is 1.83. The Morgan fingerprint density at radius 2 is 2.09 bits per heavy atom. The first-order chi connectivity index (χ1) is 16.1. The minimum absolute atomic E-state index is 0.0872. The molecule has 170 valence electrons. The van der Waals surface area contributed by atoms with Gasteiger partial charge in [0.15, 0.2) is 9.54 Å². The van der Waals surface area contributed by atoms with Crippen LogP contribution in [0.5, 0.6) is 5.75 Å². The molecular weight excluding hydrogens is 478 g/mol. The lowest BCUT2D eigenvalue weighted by atomic mass is 10.0. The topological polar surface area (TPSA) is 86.9 Å². The van der Waals surface area contributed by atoms with Gasteiger partial charge in [0.1, 0.15) is 5.75 Å². The normalized spacial score (nSPS) is 20.2. The van der Waals surface area contributed by atoms with Crippen LogP contribution in [0.3, 0.4) is 0 Å². The van der Waals surface area contributed by atoms with Gasteiger partial charge in [0.25, 0.3) is 5.91 Å². The summed E-state index contributed by atoms with van der Waals surface area (Å²) in [5.41, 5.74) is 1.93. The number of methoxy groups -OCH3 is 1. The maximum Gasteiger partial charge on any atom is 0.253 e. The Morgan fingerprint density at radius 1 is 1.24 bits per heavy atom. The zero-order chi connectivity index (χ0) is 22.8. The number of fused-ring (bicyclic) bond motifs is 1. The highest BCUT2D eigenvalue weighted by Crippen LogP contribution is 2.36. The molecule has 3 aliphatic rings. The summed E-state index contributed by atoms with van der Waals surface area (Å²) in [6.45, 7) is 0.662. The number of thioether (sulfide) groups is 2. The van der Waals surface area contributed by atoms with Crippen LogP contribution in [0.15, 0.2) is 57.0 Å². The highest BCUT2D eigenvalue weighted by molar-refractivity contribution is 8.45. The molecule has 33 heavy (non-hydrogen) atoms. The number of benzene rings is 1. The average molecular weight is 500 g/mol. The molecule has 0 spiro atoms. The van der Waals surface area contributed by atoms with Gasteiger partial charge in [-0.25, -0.2) is 10.0 Å². The van der Waals surface area contributed by atoms with Crippen molar-refractivity contribution >= 4 is 61.9 Å². The summed E-state index contributed by atoms with van der Waals surface area (Å²) in [4.78, 5) is 30.2. The van der Waals surface area contributed by atoms with Gasteiger partial charge in [0.05, 0.1) is 29.5 Å². The van der Waals surface area contributed by atoms with Gasteiger partial charge in [0, 0.05) is 19.4 Å². The van der Waals surface area contributed by atoms with Gasteiger partial charge in [0.2, 0.25) is 5.91 Å². The van der Waals surface area contributed by atoms with Crippen LogP contribution < -0.4 is 4.74 Å². The van der Waals surface area contributed by atoms with E-state index in [1.807, 2.05) is 41.8 Å². The third-order valence-electron chi connectivity index (χ3n) is 5.37. The highest BCUT2D eigenvalue weighted by Gasteiger charge is 2.34. The molecule has 0 bridgehead atoms. The lowest BCUT2D eigenvalue weighted by Gasteiger charge is -2.22. The number of nitrogens with zero attached hydrogens (tertiary/aromatic N) is 5. The molecule has 1 aromatic heterocycles. The van der Waals surface area contributed by atoms with Crippen LogP contribution in [0.4, 0.5) is 0 Å². The third-order valence-corrected chi connectivity index (χ3v) is 8.36. The van der Waals surface area contributed by atoms with Crippen LogP contribution in [0, 0.1) is 0 Å². The van der Waals surface area contributed by atoms with Crippen molar-refractivity contribution in [2.75, 3.05) is 19.4 Å². The molecule has 0 N–H and O–H groups in total. The van der Waals surface area contributed by atoms with Crippen LogP contribution in [-0.4, -0.2) is 56.5 Å². The molecule has 1 atom stereocenters. The molecule has 0 fully saturated rings. The number of amides is 2. The highest BCUT2D eigenvalue weighted by atomic mass is 32.2. The summed E-state index contributed by atoms with van der Waals surface area (Å²) in [5.74, 6) is 0.770. The number of aliphatic imine (C=N–C) groups is 1. The number of hydrogen-bond acceptors (Lipinski definition) is 9. The first-order valence-electron chi connectivity index (χ1n) is 10.5. The molecule has 1 aromatic carbocycles. The van der Waals surface area contributed by atoms with Crippen LogP contribution in [0.25, 0.3) is 0 Å². The van der Waals surface area contributed by atoms with E-state index in [9.17, 15) is 9.59 Å². The summed E-state index contributed by atoms with van der Waals surface area (Å²) in [6, 6.07) is 11.6. The van der Waals surface area contributed by atoms with Crippen LogP contribution in [0.2, 0.25) is 0 Å².